The molecule has 0 aliphatic heterocycles. The molecule has 0 bridgehead atoms. The van der Waals surface area contributed by atoms with E-state index >= 15 is 0 Å². The van der Waals surface area contributed by atoms with Gasteiger partial charge in [-0.1, -0.05) is 19.1 Å². The molecule has 1 aliphatic carbocycles. The molecule has 0 aromatic carbocycles. The third-order valence-electron chi connectivity index (χ3n) is 2.05. The van der Waals surface area contributed by atoms with E-state index in [0.29, 0.717) is 12.0 Å². The molecule has 1 atom stereocenters. The van der Waals surface area contributed by atoms with Crippen molar-refractivity contribution in [3.05, 3.63) is 22.8 Å². The maximum Gasteiger partial charge on any atom is 0.146 e. The highest BCUT2D eigenvalue weighted by atomic mass is 32.1. The summed E-state index contributed by atoms with van der Waals surface area (Å²) in [6.07, 6.45) is 0.467. The van der Waals surface area contributed by atoms with Gasteiger partial charge in [0.2, 0.25) is 0 Å². The van der Waals surface area contributed by atoms with Gasteiger partial charge in [-0.25, -0.2) is 0 Å². The van der Waals surface area contributed by atoms with E-state index in [1.54, 1.807) is 6.92 Å². The van der Waals surface area contributed by atoms with Crippen LogP contribution in [-0.2, 0) is 0 Å². The Labute approximate surface area is 81.5 Å². The summed E-state index contributed by atoms with van der Waals surface area (Å²) in [4.78, 5) is 0.187. The predicted octanol–water partition coefficient (Wildman–Crippen LogP) is 0.648. The molecule has 72 valence electrons. The van der Waals surface area contributed by atoms with Crippen LogP contribution >= 0.6 is 12.2 Å². The minimum Gasteiger partial charge on any atom is -0.510 e. The zero-order chi connectivity index (χ0) is 10.2. The molecule has 0 amide bonds. The molecule has 6 N–H and O–H groups in total. The standard InChI is InChI=1S/C8H12N2O2S/c1-2-3-6(11)4(9)8(13)5(10)7(3)12/h4,11-12H,2,9-10H2,1H3. The quantitative estimate of drug-likeness (QED) is 0.466. The Kier molecular flexibility index (Phi) is 2.58. The van der Waals surface area contributed by atoms with Crippen molar-refractivity contribution in [3.63, 3.8) is 0 Å². The molecular weight excluding hydrogens is 188 g/mol. The van der Waals surface area contributed by atoms with Crippen molar-refractivity contribution in [2.45, 2.75) is 19.4 Å². The van der Waals surface area contributed by atoms with E-state index in [2.05, 4.69) is 0 Å². The second kappa shape index (κ2) is 3.35. The van der Waals surface area contributed by atoms with E-state index in [-0.39, 0.29) is 22.1 Å². The zero-order valence-electron chi connectivity index (χ0n) is 7.24. The number of nitrogens with two attached hydrogens (primary N) is 2. The van der Waals surface area contributed by atoms with Gasteiger partial charge in [-0.2, -0.15) is 0 Å². The molecule has 0 aromatic rings. The smallest absolute Gasteiger partial charge is 0.146 e. The van der Waals surface area contributed by atoms with Crippen molar-refractivity contribution < 1.29 is 10.2 Å². The third-order valence-corrected chi connectivity index (χ3v) is 2.52. The zero-order valence-corrected chi connectivity index (χ0v) is 8.06. The van der Waals surface area contributed by atoms with Gasteiger partial charge in [0, 0.05) is 5.57 Å². The molecule has 0 aromatic heterocycles. The number of hydrogen-bond donors (Lipinski definition) is 4. The molecule has 5 heteroatoms. The van der Waals surface area contributed by atoms with Crippen LogP contribution in [-0.4, -0.2) is 21.1 Å². The first kappa shape index (κ1) is 10.0. The molecule has 0 saturated carbocycles. The van der Waals surface area contributed by atoms with Crippen LogP contribution < -0.4 is 11.5 Å². The summed E-state index contributed by atoms with van der Waals surface area (Å²) >= 11 is 4.84. The molecule has 0 heterocycles. The van der Waals surface area contributed by atoms with E-state index < -0.39 is 6.04 Å². The average molecular weight is 200 g/mol. The molecule has 1 rings (SSSR count). The molecule has 4 nitrogen and oxygen atoms in total. The van der Waals surface area contributed by atoms with E-state index in [1.165, 1.54) is 0 Å². The van der Waals surface area contributed by atoms with Crippen molar-refractivity contribution in [2.75, 3.05) is 0 Å². The molecule has 0 radical (unpaired) electrons. The Morgan fingerprint density at radius 2 is 2.00 bits per heavy atom. The van der Waals surface area contributed by atoms with Gasteiger partial charge in [0.15, 0.2) is 0 Å². The minimum atomic E-state index is -0.763. The topological polar surface area (TPSA) is 92.5 Å². The van der Waals surface area contributed by atoms with Gasteiger partial charge in [-0.15, -0.1) is 0 Å². The molecule has 1 aliphatic rings. The fourth-order valence-corrected chi connectivity index (χ4v) is 1.44. The monoisotopic (exact) mass is 200 g/mol. The molecule has 0 spiro atoms. The summed E-state index contributed by atoms with van der Waals surface area (Å²) in [6.45, 7) is 1.79. The first-order valence-electron chi connectivity index (χ1n) is 3.91. The van der Waals surface area contributed by atoms with Crippen LogP contribution in [0.3, 0.4) is 0 Å². The lowest BCUT2D eigenvalue weighted by atomic mass is 9.95. The highest BCUT2D eigenvalue weighted by Gasteiger charge is 2.28. The normalized spacial score (nSPS) is 24.2. The number of hydrogen-bond acceptors (Lipinski definition) is 5. The maximum absolute atomic E-state index is 9.51. The average Bonchev–Trinajstić information content (AvgIpc) is 2.13. The van der Waals surface area contributed by atoms with Gasteiger partial charge < -0.3 is 21.7 Å². The van der Waals surface area contributed by atoms with Crippen molar-refractivity contribution in [2.24, 2.45) is 11.5 Å². The highest BCUT2D eigenvalue weighted by molar-refractivity contribution is 7.81. The van der Waals surface area contributed by atoms with Gasteiger partial charge in [0.25, 0.3) is 0 Å². The first-order valence-corrected chi connectivity index (χ1v) is 4.32. The molecule has 13 heavy (non-hydrogen) atoms. The Morgan fingerprint density at radius 1 is 1.46 bits per heavy atom. The summed E-state index contributed by atoms with van der Waals surface area (Å²) in [6, 6.07) is -0.763. The maximum atomic E-state index is 9.51. The van der Waals surface area contributed by atoms with Crippen molar-refractivity contribution in [1.82, 2.24) is 0 Å². The van der Waals surface area contributed by atoms with Crippen LogP contribution in [0.5, 0.6) is 0 Å². The SMILES string of the molecule is CCC1=C(O)C(N)C(=S)C(N)=C1O. The van der Waals surface area contributed by atoms with Gasteiger partial charge in [-0.3, -0.25) is 0 Å². The van der Waals surface area contributed by atoms with Crippen molar-refractivity contribution in [1.29, 1.82) is 0 Å². The summed E-state index contributed by atoms with van der Waals surface area (Å²) in [5.74, 6) is -0.231. The van der Waals surface area contributed by atoms with Gasteiger partial charge in [0.1, 0.15) is 17.6 Å². The number of allylic oxidation sites excluding steroid dienone is 1. The summed E-state index contributed by atoms with van der Waals surface area (Å²) in [7, 11) is 0. The Balaban J connectivity index is 3.27. The first-order chi connectivity index (χ1) is 6.00. The van der Waals surface area contributed by atoms with Crippen molar-refractivity contribution >= 4 is 17.1 Å². The Bertz CT molecular complexity index is 320. The van der Waals surface area contributed by atoms with Crippen LogP contribution in [0.2, 0.25) is 0 Å². The van der Waals surface area contributed by atoms with Crippen LogP contribution in [0.4, 0.5) is 0 Å². The fraction of sp³-hybridized carbons (Fsp3) is 0.375. The number of thiocarbonyl (C=S) groups is 1. The van der Waals surface area contributed by atoms with Crippen LogP contribution in [0.1, 0.15) is 13.3 Å². The minimum absolute atomic E-state index is 0.0841. The van der Waals surface area contributed by atoms with Gasteiger partial charge >= 0.3 is 0 Å². The van der Waals surface area contributed by atoms with Crippen molar-refractivity contribution in [3.8, 4) is 0 Å². The number of aliphatic hydroxyl groups is 2. The number of aliphatic hydroxyl groups excluding tert-OH is 2. The van der Waals surface area contributed by atoms with Gasteiger partial charge in [0.05, 0.1) is 10.6 Å². The Hall–Kier alpha value is -1.07. The summed E-state index contributed by atoms with van der Waals surface area (Å²) < 4.78 is 0. The van der Waals surface area contributed by atoms with E-state index in [0.717, 1.165) is 0 Å². The highest BCUT2D eigenvalue weighted by Crippen LogP contribution is 2.25. The third kappa shape index (κ3) is 1.40. The predicted molar refractivity (Wildman–Crippen MR) is 54.4 cm³/mol. The molecule has 1 unspecified atom stereocenters. The summed E-state index contributed by atoms with van der Waals surface area (Å²) in [5, 5.41) is 19.0. The lowest BCUT2D eigenvalue weighted by molar-refractivity contribution is 0.353. The molecule has 0 saturated heterocycles. The largest absolute Gasteiger partial charge is 0.510 e. The van der Waals surface area contributed by atoms with Crippen LogP contribution in [0, 0.1) is 0 Å². The molecular formula is C8H12N2O2S. The van der Waals surface area contributed by atoms with E-state index in [4.69, 9.17) is 23.7 Å². The van der Waals surface area contributed by atoms with Crippen LogP contribution in [0.15, 0.2) is 22.8 Å². The van der Waals surface area contributed by atoms with Crippen LogP contribution in [0.25, 0.3) is 0 Å². The van der Waals surface area contributed by atoms with E-state index in [9.17, 15) is 10.2 Å². The van der Waals surface area contributed by atoms with Gasteiger partial charge in [-0.05, 0) is 6.42 Å². The number of rotatable bonds is 1. The Morgan fingerprint density at radius 3 is 2.46 bits per heavy atom. The van der Waals surface area contributed by atoms with E-state index in [1.807, 2.05) is 0 Å². The lowest BCUT2D eigenvalue weighted by Gasteiger charge is -2.22. The fourth-order valence-electron chi connectivity index (χ4n) is 1.23. The molecule has 0 fully saturated rings. The second-order valence-electron chi connectivity index (χ2n) is 2.82. The lowest BCUT2D eigenvalue weighted by Crippen LogP contribution is -2.39. The second-order valence-corrected chi connectivity index (χ2v) is 3.26. The summed E-state index contributed by atoms with van der Waals surface area (Å²) in [5.41, 5.74) is 11.5.